The van der Waals surface area contributed by atoms with E-state index < -0.39 is 6.10 Å². The molecule has 0 bridgehead atoms. The highest BCUT2D eigenvalue weighted by atomic mass is 16.5. The molecule has 1 amide bonds. The number of rotatable bonds is 7. The van der Waals surface area contributed by atoms with Crippen LogP contribution in [0.15, 0.2) is 30.3 Å². The monoisotopic (exact) mass is 292 g/mol. The van der Waals surface area contributed by atoms with Crippen LogP contribution in [0.4, 0.5) is 0 Å². The Hall–Kier alpha value is -1.43. The van der Waals surface area contributed by atoms with Gasteiger partial charge in [0.05, 0.1) is 25.4 Å². The third-order valence-corrected chi connectivity index (χ3v) is 3.85. The van der Waals surface area contributed by atoms with E-state index in [9.17, 15) is 9.90 Å². The van der Waals surface area contributed by atoms with Gasteiger partial charge < -0.3 is 14.7 Å². The second-order valence-corrected chi connectivity index (χ2v) is 5.66. The minimum atomic E-state index is -0.586. The highest BCUT2D eigenvalue weighted by Gasteiger charge is 2.32. The van der Waals surface area contributed by atoms with Crippen LogP contribution in [0.3, 0.4) is 0 Å². The molecular formula is C16H24N2O3. The number of likely N-dealkylation sites (N-methyl/N-ethyl adjacent to an activating group) is 2. The van der Waals surface area contributed by atoms with Crippen LogP contribution in [0.5, 0.6) is 0 Å². The zero-order chi connectivity index (χ0) is 15.2. The SMILES string of the molecule is CN1CC[C@H](N(C)C[C@@H](O)COCc2ccccc2)C1=O. The lowest BCUT2D eigenvalue weighted by Gasteiger charge is -2.25. The highest BCUT2D eigenvalue weighted by Crippen LogP contribution is 2.14. The molecule has 0 aliphatic carbocycles. The number of aliphatic hydroxyl groups is 1. The maximum atomic E-state index is 11.9. The van der Waals surface area contributed by atoms with E-state index in [-0.39, 0.29) is 18.6 Å². The summed E-state index contributed by atoms with van der Waals surface area (Å²) in [6.07, 6.45) is 0.237. The standard InChI is InChI=1S/C16H24N2O3/c1-17-9-8-15(16(17)20)18(2)10-14(19)12-21-11-13-6-4-3-5-7-13/h3-7,14-15,19H,8-12H2,1-2H3/t14-,15+/m1/s1. The van der Waals surface area contributed by atoms with E-state index in [1.54, 1.807) is 4.90 Å². The van der Waals surface area contributed by atoms with E-state index >= 15 is 0 Å². The smallest absolute Gasteiger partial charge is 0.239 e. The first-order valence-corrected chi connectivity index (χ1v) is 7.33. The van der Waals surface area contributed by atoms with E-state index in [0.717, 1.165) is 18.5 Å². The van der Waals surface area contributed by atoms with Crippen molar-refractivity contribution in [3.8, 4) is 0 Å². The first-order chi connectivity index (χ1) is 10.1. The van der Waals surface area contributed by atoms with Crippen molar-refractivity contribution in [3.63, 3.8) is 0 Å². The van der Waals surface area contributed by atoms with Gasteiger partial charge in [0.15, 0.2) is 0 Å². The summed E-state index contributed by atoms with van der Waals surface area (Å²) in [4.78, 5) is 15.6. The van der Waals surface area contributed by atoms with Crippen molar-refractivity contribution < 1.29 is 14.6 Å². The number of ether oxygens (including phenoxy) is 1. The Morgan fingerprint density at radius 2 is 2.14 bits per heavy atom. The average molecular weight is 292 g/mol. The van der Waals surface area contributed by atoms with Gasteiger partial charge in [0.25, 0.3) is 0 Å². The number of aliphatic hydroxyl groups excluding tert-OH is 1. The van der Waals surface area contributed by atoms with Gasteiger partial charge in [-0.3, -0.25) is 9.69 Å². The fourth-order valence-corrected chi connectivity index (χ4v) is 2.61. The normalized spacial score (nSPS) is 20.3. The first kappa shape index (κ1) is 15.9. The van der Waals surface area contributed by atoms with Crippen molar-refractivity contribution in [2.24, 2.45) is 0 Å². The number of amides is 1. The summed E-state index contributed by atoms with van der Waals surface area (Å²) in [6.45, 7) is 2.00. The summed E-state index contributed by atoms with van der Waals surface area (Å²) < 4.78 is 5.52. The van der Waals surface area contributed by atoms with Crippen molar-refractivity contribution in [1.29, 1.82) is 0 Å². The summed E-state index contributed by atoms with van der Waals surface area (Å²) in [6, 6.07) is 9.76. The van der Waals surface area contributed by atoms with Gasteiger partial charge in [-0.2, -0.15) is 0 Å². The highest BCUT2D eigenvalue weighted by molar-refractivity contribution is 5.83. The molecule has 1 aromatic carbocycles. The summed E-state index contributed by atoms with van der Waals surface area (Å²) in [5.74, 6) is 0.134. The second kappa shape index (κ2) is 7.54. The Labute approximate surface area is 126 Å². The van der Waals surface area contributed by atoms with Gasteiger partial charge in [0, 0.05) is 20.1 Å². The van der Waals surface area contributed by atoms with Crippen molar-refractivity contribution >= 4 is 5.91 Å². The molecule has 1 heterocycles. The van der Waals surface area contributed by atoms with E-state index in [1.807, 2.05) is 49.3 Å². The van der Waals surface area contributed by atoms with E-state index in [2.05, 4.69) is 0 Å². The number of likely N-dealkylation sites (tertiary alicyclic amines) is 1. The first-order valence-electron chi connectivity index (χ1n) is 7.33. The van der Waals surface area contributed by atoms with Crippen LogP contribution in [0.1, 0.15) is 12.0 Å². The maximum Gasteiger partial charge on any atom is 0.239 e. The number of nitrogens with zero attached hydrogens (tertiary/aromatic N) is 2. The molecule has 1 fully saturated rings. The lowest BCUT2D eigenvalue weighted by atomic mass is 10.2. The van der Waals surface area contributed by atoms with Crippen LogP contribution >= 0.6 is 0 Å². The molecule has 5 nitrogen and oxygen atoms in total. The van der Waals surface area contributed by atoms with Gasteiger partial charge >= 0.3 is 0 Å². The Balaban J connectivity index is 1.69. The molecule has 1 saturated heterocycles. The lowest BCUT2D eigenvalue weighted by molar-refractivity contribution is -0.131. The van der Waals surface area contributed by atoms with Crippen molar-refractivity contribution in [2.75, 3.05) is 33.8 Å². The van der Waals surface area contributed by atoms with Crippen LogP contribution in [0, 0.1) is 0 Å². The zero-order valence-electron chi connectivity index (χ0n) is 12.7. The molecule has 0 saturated carbocycles. The molecule has 0 aromatic heterocycles. The molecule has 1 aliphatic rings. The Kier molecular flexibility index (Phi) is 5.73. The van der Waals surface area contributed by atoms with Crippen LogP contribution < -0.4 is 0 Å². The van der Waals surface area contributed by atoms with Crippen LogP contribution in [0.25, 0.3) is 0 Å². The lowest BCUT2D eigenvalue weighted by Crippen LogP contribution is -2.43. The molecule has 0 spiro atoms. The summed E-state index contributed by atoms with van der Waals surface area (Å²) in [5.41, 5.74) is 1.09. The predicted octanol–water partition coefficient (Wildman–Crippen LogP) is 0.727. The number of carbonyl (C=O) groups is 1. The van der Waals surface area contributed by atoms with Gasteiger partial charge in [-0.1, -0.05) is 30.3 Å². The Morgan fingerprint density at radius 1 is 1.43 bits per heavy atom. The molecule has 0 radical (unpaired) electrons. The molecular weight excluding hydrogens is 268 g/mol. The fourth-order valence-electron chi connectivity index (χ4n) is 2.61. The molecule has 1 N–H and O–H groups in total. The number of carbonyl (C=O) groups excluding carboxylic acids is 1. The molecule has 1 aliphatic heterocycles. The van der Waals surface area contributed by atoms with Crippen molar-refractivity contribution in [3.05, 3.63) is 35.9 Å². The van der Waals surface area contributed by atoms with E-state index in [0.29, 0.717) is 13.2 Å². The van der Waals surface area contributed by atoms with Gasteiger partial charge in [0.2, 0.25) is 5.91 Å². The maximum absolute atomic E-state index is 11.9. The molecule has 2 atom stereocenters. The third-order valence-electron chi connectivity index (χ3n) is 3.85. The van der Waals surface area contributed by atoms with Crippen LogP contribution in [-0.4, -0.2) is 66.8 Å². The molecule has 1 aromatic rings. The summed E-state index contributed by atoms with van der Waals surface area (Å²) in [7, 11) is 3.69. The van der Waals surface area contributed by atoms with Crippen molar-refractivity contribution in [1.82, 2.24) is 9.80 Å². The minimum Gasteiger partial charge on any atom is -0.389 e. The number of hydrogen-bond acceptors (Lipinski definition) is 4. The van der Waals surface area contributed by atoms with E-state index in [1.165, 1.54) is 0 Å². The van der Waals surface area contributed by atoms with Crippen molar-refractivity contribution in [2.45, 2.75) is 25.2 Å². The third kappa shape index (κ3) is 4.52. The Bertz CT molecular complexity index is 452. The number of hydrogen-bond donors (Lipinski definition) is 1. The largest absolute Gasteiger partial charge is 0.389 e. The quantitative estimate of drug-likeness (QED) is 0.805. The fraction of sp³-hybridized carbons (Fsp3) is 0.562. The zero-order valence-corrected chi connectivity index (χ0v) is 12.7. The number of benzene rings is 1. The molecule has 21 heavy (non-hydrogen) atoms. The van der Waals surface area contributed by atoms with Gasteiger partial charge in [-0.05, 0) is 19.0 Å². The predicted molar refractivity (Wildman–Crippen MR) is 80.8 cm³/mol. The van der Waals surface area contributed by atoms with Gasteiger partial charge in [-0.25, -0.2) is 0 Å². The molecule has 5 heteroatoms. The average Bonchev–Trinajstić information content (AvgIpc) is 2.80. The topological polar surface area (TPSA) is 53.0 Å². The second-order valence-electron chi connectivity index (χ2n) is 5.66. The Morgan fingerprint density at radius 3 is 2.76 bits per heavy atom. The van der Waals surface area contributed by atoms with Crippen LogP contribution in [-0.2, 0) is 16.1 Å². The molecule has 116 valence electrons. The van der Waals surface area contributed by atoms with Gasteiger partial charge in [-0.15, -0.1) is 0 Å². The minimum absolute atomic E-state index is 0.112. The van der Waals surface area contributed by atoms with Crippen LogP contribution in [0.2, 0.25) is 0 Å². The molecule has 2 rings (SSSR count). The summed E-state index contributed by atoms with van der Waals surface area (Å²) in [5, 5.41) is 10.0. The summed E-state index contributed by atoms with van der Waals surface area (Å²) >= 11 is 0. The molecule has 0 unspecified atom stereocenters. The van der Waals surface area contributed by atoms with E-state index in [4.69, 9.17) is 4.74 Å². The van der Waals surface area contributed by atoms with Gasteiger partial charge in [0.1, 0.15) is 0 Å².